The van der Waals surface area contributed by atoms with Crippen molar-refractivity contribution in [1.29, 1.82) is 0 Å². The van der Waals surface area contributed by atoms with Gasteiger partial charge in [-0.05, 0) is 83.3 Å². The van der Waals surface area contributed by atoms with Gasteiger partial charge in [-0.3, -0.25) is 9.35 Å². The first kappa shape index (κ1) is 36.8. The highest BCUT2D eigenvalue weighted by Gasteiger charge is 2.27. The first-order valence-electron chi connectivity index (χ1n) is 15.6. The van der Waals surface area contributed by atoms with Gasteiger partial charge in [0.25, 0.3) is 10.1 Å². The van der Waals surface area contributed by atoms with Crippen molar-refractivity contribution in [3.63, 3.8) is 0 Å². The lowest BCUT2D eigenvalue weighted by molar-refractivity contribution is -0.432. The third kappa shape index (κ3) is 7.94. The standard InChI is InChI=1S/C39H38O9S2/c1-25-7-8-26(23-35(25)49-48-47-41)37(40)27-9-22-34(36(24-27)50(42,43)44)46-33-20-16-31(17-21-33)39(4,5)29-12-10-28(11-13-29)38(2,3)30-14-18-32(45-6)19-15-30/h7-24,41H,1-6H3,(H,42,43,44). The lowest BCUT2D eigenvalue weighted by Crippen LogP contribution is -2.21. The van der Waals surface area contributed by atoms with Gasteiger partial charge >= 0.3 is 0 Å². The number of hydrogen-bond acceptors (Lipinski definition) is 9. The molecule has 0 radical (unpaired) electrons. The maximum absolute atomic E-state index is 13.3. The summed E-state index contributed by atoms with van der Waals surface area (Å²) < 4.78 is 50.6. The molecule has 50 heavy (non-hydrogen) atoms. The third-order valence-electron chi connectivity index (χ3n) is 9.03. The Balaban J connectivity index is 1.35. The van der Waals surface area contributed by atoms with Crippen LogP contribution >= 0.6 is 12.0 Å². The van der Waals surface area contributed by atoms with E-state index in [0.29, 0.717) is 22.7 Å². The van der Waals surface area contributed by atoms with Crippen molar-refractivity contribution in [2.45, 2.75) is 55.2 Å². The Hall–Kier alpha value is -4.49. The number of benzene rings is 5. The molecule has 0 amide bonds. The molecule has 0 aliphatic carbocycles. The van der Waals surface area contributed by atoms with Gasteiger partial charge < -0.3 is 9.47 Å². The van der Waals surface area contributed by atoms with Crippen LogP contribution in [-0.4, -0.2) is 31.1 Å². The second-order valence-electron chi connectivity index (χ2n) is 12.9. The Labute approximate surface area is 296 Å². The van der Waals surface area contributed by atoms with Crippen LogP contribution in [0, 0.1) is 6.92 Å². The van der Waals surface area contributed by atoms with Crippen molar-refractivity contribution < 1.29 is 41.9 Å². The molecule has 11 heteroatoms. The number of ether oxygens (including phenoxy) is 2. The van der Waals surface area contributed by atoms with Crippen LogP contribution in [0.1, 0.15) is 71.4 Å². The Kier molecular flexibility index (Phi) is 10.9. The van der Waals surface area contributed by atoms with Crippen LogP contribution in [-0.2, 0) is 30.3 Å². The van der Waals surface area contributed by atoms with Gasteiger partial charge in [-0.25, -0.2) is 5.26 Å². The van der Waals surface area contributed by atoms with Crippen molar-refractivity contribution in [2.24, 2.45) is 0 Å². The molecule has 2 N–H and O–H groups in total. The molecular weight excluding hydrogens is 677 g/mol. The van der Waals surface area contributed by atoms with E-state index < -0.39 is 20.8 Å². The average Bonchev–Trinajstić information content (AvgIpc) is 3.11. The quantitative estimate of drug-likeness (QED) is 0.0400. The van der Waals surface area contributed by atoms with Crippen LogP contribution in [0.3, 0.4) is 0 Å². The average molecular weight is 715 g/mol. The second kappa shape index (κ2) is 14.8. The van der Waals surface area contributed by atoms with E-state index in [1.165, 1.54) is 29.3 Å². The molecule has 0 unspecified atom stereocenters. The van der Waals surface area contributed by atoms with Crippen molar-refractivity contribution in [3.8, 4) is 17.2 Å². The summed E-state index contributed by atoms with van der Waals surface area (Å²) in [6.45, 7) is 10.4. The molecule has 5 aromatic rings. The Morgan fingerprint density at radius 3 is 1.62 bits per heavy atom. The maximum Gasteiger partial charge on any atom is 0.298 e. The highest BCUT2D eigenvalue weighted by atomic mass is 32.2. The number of hydrogen-bond donors (Lipinski definition) is 2. The number of carbonyl (C=O) groups is 1. The maximum atomic E-state index is 13.3. The number of methoxy groups -OCH3 is 1. The molecule has 0 atom stereocenters. The van der Waals surface area contributed by atoms with Crippen LogP contribution < -0.4 is 9.47 Å². The van der Waals surface area contributed by atoms with Gasteiger partial charge in [0.05, 0.1) is 19.2 Å². The molecule has 5 aromatic carbocycles. The normalized spacial score (nSPS) is 12.1. The van der Waals surface area contributed by atoms with Gasteiger partial charge in [0.2, 0.25) is 0 Å². The van der Waals surface area contributed by atoms with Gasteiger partial charge in [-0.2, -0.15) is 8.42 Å². The minimum absolute atomic E-state index is 0.0135. The van der Waals surface area contributed by atoms with Gasteiger partial charge in [0.15, 0.2) is 5.78 Å². The van der Waals surface area contributed by atoms with E-state index >= 15 is 0 Å². The lowest BCUT2D eigenvalue weighted by Gasteiger charge is -2.29. The van der Waals surface area contributed by atoms with Crippen molar-refractivity contribution in [3.05, 3.63) is 148 Å². The highest BCUT2D eigenvalue weighted by Crippen LogP contribution is 2.38. The minimum Gasteiger partial charge on any atom is -0.497 e. The summed E-state index contributed by atoms with van der Waals surface area (Å²) >= 11 is 0.704. The SMILES string of the molecule is COc1ccc(C(C)(C)c2ccc(C(C)(C)c3ccc(Oc4ccc(C(=O)c5ccc(C)c(SOOO)c5)cc4S(=O)(=O)O)cc3)cc2)cc1. The first-order valence-corrected chi connectivity index (χ1v) is 17.8. The molecule has 0 aliphatic heterocycles. The van der Waals surface area contributed by atoms with Gasteiger partial charge in [-0.1, -0.05) is 93.4 Å². The fraction of sp³-hybridized carbons (Fsp3) is 0.205. The molecule has 0 aromatic heterocycles. The largest absolute Gasteiger partial charge is 0.497 e. The zero-order chi connectivity index (χ0) is 36.3. The number of ketones is 1. The minimum atomic E-state index is -4.77. The summed E-state index contributed by atoms with van der Waals surface area (Å²) in [6.07, 6.45) is 0. The fourth-order valence-corrected chi connectivity index (χ4v) is 6.81. The predicted molar refractivity (Wildman–Crippen MR) is 192 cm³/mol. The number of rotatable bonds is 13. The van der Waals surface area contributed by atoms with Crippen LogP contribution in [0.25, 0.3) is 0 Å². The summed E-state index contributed by atoms with van der Waals surface area (Å²) in [5.74, 6) is 0.520. The highest BCUT2D eigenvalue weighted by molar-refractivity contribution is 7.94. The molecule has 9 nitrogen and oxygen atoms in total. The Morgan fingerprint density at radius 1 is 0.680 bits per heavy atom. The molecule has 0 saturated carbocycles. The van der Waals surface area contributed by atoms with Crippen LogP contribution in [0.2, 0.25) is 0 Å². The number of carbonyl (C=O) groups excluding carboxylic acids is 1. The smallest absolute Gasteiger partial charge is 0.298 e. The van der Waals surface area contributed by atoms with E-state index in [1.807, 2.05) is 24.3 Å². The van der Waals surface area contributed by atoms with E-state index in [9.17, 15) is 17.8 Å². The van der Waals surface area contributed by atoms with Gasteiger partial charge in [0, 0.05) is 26.9 Å². The van der Waals surface area contributed by atoms with Gasteiger partial charge in [-0.15, -0.1) is 4.33 Å². The van der Waals surface area contributed by atoms with Crippen LogP contribution in [0.5, 0.6) is 17.2 Å². The summed E-state index contributed by atoms with van der Waals surface area (Å²) in [4.78, 5) is 13.2. The van der Waals surface area contributed by atoms with E-state index in [0.717, 1.165) is 28.5 Å². The van der Waals surface area contributed by atoms with Crippen molar-refractivity contribution >= 4 is 27.9 Å². The van der Waals surface area contributed by atoms with Crippen LogP contribution in [0.4, 0.5) is 0 Å². The molecule has 0 aliphatic rings. The monoisotopic (exact) mass is 714 g/mol. The summed E-state index contributed by atoms with van der Waals surface area (Å²) in [5, 5.41) is 12.1. The predicted octanol–water partition coefficient (Wildman–Crippen LogP) is 9.35. The summed E-state index contributed by atoms with van der Waals surface area (Å²) in [7, 11) is -3.12. The molecule has 0 fully saturated rings. The van der Waals surface area contributed by atoms with Crippen LogP contribution in [0.15, 0.2) is 119 Å². The third-order valence-corrected chi connectivity index (χ3v) is 10.7. The molecule has 0 spiro atoms. The van der Waals surface area contributed by atoms with Crippen molar-refractivity contribution in [1.82, 2.24) is 0 Å². The van der Waals surface area contributed by atoms with E-state index in [-0.39, 0.29) is 27.7 Å². The summed E-state index contributed by atoms with van der Waals surface area (Å²) in [6, 6.07) is 32.6. The summed E-state index contributed by atoms with van der Waals surface area (Å²) in [5.41, 5.74) is 4.90. The zero-order valence-electron chi connectivity index (χ0n) is 28.5. The van der Waals surface area contributed by atoms with Crippen molar-refractivity contribution in [2.75, 3.05) is 7.11 Å². The van der Waals surface area contributed by atoms with Gasteiger partial charge in [0.1, 0.15) is 22.1 Å². The Morgan fingerprint density at radius 2 is 1.14 bits per heavy atom. The van der Waals surface area contributed by atoms with E-state index in [1.54, 1.807) is 38.3 Å². The molecular formula is C39H38O9S2. The fourth-order valence-electron chi connectivity index (χ4n) is 5.70. The lowest BCUT2D eigenvalue weighted by atomic mass is 9.74. The zero-order valence-corrected chi connectivity index (χ0v) is 30.1. The second-order valence-corrected chi connectivity index (χ2v) is 15.0. The molecule has 260 valence electrons. The molecule has 0 heterocycles. The van der Waals surface area contributed by atoms with E-state index in [4.69, 9.17) is 14.7 Å². The molecule has 5 rings (SSSR count). The molecule has 0 bridgehead atoms. The molecule has 0 saturated heterocycles. The first-order chi connectivity index (χ1) is 23.6. The Bertz CT molecular complexity index is 2090. The van der Waals surface area contributed by atoms with E-state index in [2.05, 4.69) is 73.5 Å². The number of aryl methyl sites for hydroxylation is 1. The topological polar surface area (TPSA) is 129 Å².